The Hall–Kier alpha value is -0.900. The first-order chi connectivity index (χ1) is 3.84. The van der Waals surface area contributed by atoms with E-state index in [1.165, 1.54) is 13.3 Å². The van der Waals surface area contributed by atoms with E-state index in [0.717, 1.165) is 0 Å². The van der Waals surface area contributed by atoms with Gasteiger partial charge >= 0.3 is 0 Å². The van der Waals surface area contributed by atoms with Crippen LogP contribution < -0.4 is 5.43 Å². The maximum Gasteiger partial charge on any atom is 0.226 e. The molecule has 1 rings (SSSR count). The summed E-state index contributed by atoms with van der Waals surface area (Å²) in [6.45, 7) is 0. The molecule has 0 aromatic rings. The summed E-state index contributed by atoms with van der Waals surface area (Å²) in [5, 5.41) is 3.47. The molecular formula is C4H6N2O2. The van der Waals surface area contributed by atoms with Gasteiger partial charge in [0, 0.05) is 7.11 Å². The van der Waals surface area contributed by atoms with Gasteiger partial charge in [0.05, 0.1) is 6.21 Å². The lowest BCUT2D eigenvalue weighted by atomic mass is 10.4. The lowest BCUT2D eigenvalue weighted by molar-refractivity contribution is -0.122. The van der Waals surface area contributed by atoms with Gasteiger partial charge in [-0.2, -0.15) is 5.10 Å². The fraction of sp³-hybridized carbons (Fsp3) is 0.500. The van der Waals surface area contributed by atoms with Crippen LogP contribution >= 0.6 is 0 Å². The third-order valence-corrected chi connectivity index (χ3v) is 0.878. The topological polar surface area (TPSA) is 50.7 Å². The maximum absolute atomic E-state index is 10.5. The van der Waals surface area contributed by atoms with Crippen LogP contribution in [0.1, 0.15) is 0 Å². The molecular weight excluding hydrogens is 108 g/mol. The SMILES string of the molecule is COC1NN=CC1=O. The van der Waals surface area contributed by atoms with E-state index < -0.39 is 6.23 Å². The number of carbonyl (C=O) groups is 1. The van der Waals surface area contributed by atoms with E-state index in [0.29, 0.717) is 0 Å². The molecule has 4 heteroatoms. The van der Waals surface area contributed by atoms with Crippen LogP contribution in [0.3, 0.4) is 0 Å². The van der Waals surface area contributed by atoms with Gasteiger partial charge in [-0.15, -0.1) is 0 Å². The summed E-state index contributed by atoms with van der Waals surface area (Å²) < 4.78 is 4.64. The predicted octanol–water partition coefficient (Wildman–Crippen LogP) is -0.883. The van der Waals surface area contributed by atoms with Gasteiger partial charge < -0.3 is 4.74 Å². The van der Waals surface area contributed by atoms with Crippen molar-refractivity contribution in [1.82, 2.24) is 5.43 Å². The van der Waals surface area contributed by atoms with Gasteiger partial charge in [-0.25, -0.2) is 0 Å². The molecule has 0 amide bonds. The summed E-state index contributed by atoms with van der Waals surface area (Å²) in [5.41, 5.74) is 2.45. The molecule has 1 atom stereocenters. The molecule has 1 heterocycles. The van der Waals surface area contributed by atoms with Crippen LogP contribution in [0.25, 0.3) is 0 Å². The third-order valence-electron chi connectivity index (χ3n) is 0.878. The number of Topliss-reactive ketones (excluding diaryl/α,β-unsaturated/α-hetero) is 1. The summed E-state index contributed by atoms with van der Waals surface area (Å²) >= 11 is 0. The first-order valence-electron chi connectivity index (χ1n) is 2.20. The molecule has 0 bridgehead atoms. The number of hydrogen-bond donors (Lipinski definition) is 1. The summed E-state index contributed by atoms with van der Waals surface area (Å²) in [5.74, 6) is -0.132. The van der Waals surface area contributed by atoms with Crippen molar-refractivity contribution in [3.8, 4) is 0 Å². The Labute approximate surface area is 46.5 Å². The number of hydrazone groups is 1. The average molecular weight is 114 g/mol. The van der Waals surface area contributed by atoms with Crippen molar-refractivity contribution >= 4 is 12.0 Å². The van der Waals surface area contributed by atoms with E-state index in [-0.39, 0.29) is 5.78 Å². The molecule has 1 N–H and O–H groups in total. The van der Waals surface area contributed by atoms with E-state index in [9.17, 15) is 4.79 Å². The molecule has 1 unspecified atom stereocenters. The smallest absolute Gasteiger partial charge is 0.226 e. The van der Waals surface area contributed by atoms with Crippen molar-refractivity contribution in [3.63, 3.8) is 0 Å². The van der Waals surface area contributed by atoms with E-state index in [4.69, 9.17) is 0 Å². The van der Waals surface area contributed by atoms with Crippen molar-refractivity contribution < 1.29 is 9.53 Å². The maximum atomic E-state index is 10.5. The first-order valence-corrected chi connectivity index (χ1v) is 2.20. The quantitative estimate of drug-likeness (QED) is 0.481. The lowest BCUT2D eigenvalue weighted by Crippen LogP contribution is -2.28. The van der Waals surface area contributed by atoms with Gasteiger partial charge in [-0.1, -0.05) is 0 Å². The van der Waals surface area contributed by atoms with Crippen molar-refractivity contribution in [2.75, 3.05) is 7.11 Å². The second-order valence-corrected chi connectivity index (χ2v) is 1.41. The van der Waals surface area contributed by atoms with Gasteiger partial charge in [0.2, 0.25) is 12.0 Å². The summed E-state index contributed by atoms with van der Waals surface area (Å²) in [4.78, 5) is 10.5. The predicted molar refractivity (Wildman–Crippen MR) is 27.4 cm³/mol. The Kier molecular flexibility index (Phi) is 1.26. The minimum atomic E-state index is -0.546. The van der Waals surface area contributed by atoms with Crippen molar-refractivity contribution in [2.45, 2.75) is 6.23 Å². The molecule has 44 valence electrons. The summed E-state index contributed by atoms with van der Waals surface area (Å²) in [6, 6.07) is 0. The van der Waals surface area contributed by atoms with Crippen LogP contribution in [0.4, 0.5) is 0 Å². The molecule has 8 heavy (non-hydrogen) atoms. The largest absolute Gasteiger partial charge is 0.353 e. The Morgan fingerprint density at radius 3 is 3.00 bits per heavy atom. The number of rotatable bonds is 1. The monoisotopic (exact) mass is 114 g/mol. The average Bonchev–Trinajstić information content (AvgIpc) is 2.14. The van der Waals surface area contributed by atoms with Gasteiger partial charge in [0.15, 0.2) is 0 Å². The number of hydrogen-bond acceptors (Lipinski definition) is 4. The summed E-state index contributed by atoms with van der Waals surface area (Å²) in [6.07, 6.45) is 0.656. The van der Waals surface area contributed by atoms with Crippen molar-refractivity contribution in [2.24, 2.45) is 5.10 Å². The molecule has 0 aliphatic carbocycles. The minimum absolute atomic E-state index is 0.132. The zero-order valence-electron chi connectivity index (χ0n) is 4.42. The van der Waals surface area contributed by atoms with E-state index in [2.05, 4.69) is 15.3 Å². The fourth-order valence-corrected chi connectivity index (χ4v) is 0.469. The van der Waals surface area contributed by atoms with Crippen LogP contribution in [0, 0.1) is 0 Å². The van der Waals surface area contributed by atoms with Crippen LogP contribution in [0.15, 0.2) is 5.10 Å². The van der Waals surface area contributed by atoms with Crippen LogP contribution in [0.5, 0.6) is 0 Å². The Morgan fingerprint density at radius 2 is 2.75 bits per heavy atom. The van der Waals surface area contributed by atoms with Gasteiger partial charge in [-0.3, -0.25) is 10.2 Å². The second kappa shape index (κ2) is 1.92. The number of ether oxygens (including phenoxy) is 1. The molecule has 0 aromatic carbocycles. The molecule has 0 saturated heterocycles. The Bertz CT molecular complexity index is 132. The van der Waals surface area contributed by atoms with Crippen LogP contribution in [-0.2, 0) is 9.53 Å². The molecule has 0 radical (unpaired) electrons. The third kappa shape index (κ3) is 0.696. The zero-order chi connectivity index (χ0) is 5.98. The van der Waals surface area contributed by atoms with Gasteiger partial charge in [-0.05, 0) is 0 Å². The van der Waals surface area contributed by atoms with E-state index in [1.54, 1.807) is 0 Å². The molecule has 1 aliphatic rings. The molecule has 0 aromatic heterocycles. The van der Waals surface area contributed by atoms with E-state index >= 15 is 0 Å². The molecule has 1 aliphatic heterocycles. The minimum Gasteiger partial charge on any atom is -0.353 e. The highest BCUT2D eigenvalue weighted by Gasteiger charge is 2.18. The van der Waals surface area contributed by atoms with Crippen LogP contribution in [0.2, 0.25) is 0 Å². The molecule has 0 spiro atoms. The van der Waals surface area contributed by atoms with Gasteiger partial charge in [0.1, 0.15) is 0 Å². The first kappa shape index (κ1) is 5.24. The number of nitrogens with zero attached hydrogens (tertiary/aromatic N) is 1. The Balaban J connectivity index is 2.51. The molecule has 4 nitrogen and oxygen atoms in total. The summed E-state index contributed by atoms with van der Waals surface area (Å²) in [7, 11) is 1.45. The van der Waals surface area contributed by atoms with Gasteiger partial charge in [0.25, 0.3) is 0 Å². The second-order valence-electron chi connectivity index (χ2n) is 1.41. The van der Waals surface area contributed by atoms with Crippen molar-refractivity contribution in [3.05, 3.63) is 0 Å². The zero-order valence-corrected chi connectivity index (χ0v) is 4.42. The Morgan fingerprint density at radius 1 is 2.00 bits per heavy atom. The fourth-order valence-electron chi connectivity index (χ4n) is 0.469. The molecule has 0 fully saturated rings. The highest BCUT2D eigenvalue weighted by Crippen LogP contribution is 1.90. The van der Waals surface area contributed by atoms with Crippen LogP contribution in [-0.4, -0.2) is 25.3 Å². The highest BCUT2D eigenvalue weighted by molar-refractivity contribution is 6.30. The normalized spacial score (nSPS) is 26.1. The van der Waals surface area contributed by atoms with E-state index in [1.807, 2.05) is 0 Å². The number of carbonyl (C=O) groups excluding carboxylic acids is 1. The lowest BCUT2D eigenvalue weighted by Gasteiger charge is -2.02. The molecule has 0 saturated carbocycles. The number of nitrogens with one attached hydrogen (secondary N) is 1. The standard InChI is InChI=1S/C4H6N2O2/c1-8-4-3(7)2-5-6-4/h2,4,6H,1H3. The highest BCUT2D eigenvalue weighted by atomic mass is 16.5. The van der Waals surface area contributed by atoms with Crippen molar-refractivity contribution in [1.29, 1.82) is 0 Å². The number of ketones is 1. The number of methoxy groups -OCH3 is 1.